The summed E-state index contributed by atoms with van der Waals surface area (Å²) in [6.07, 6.45) is -4.45. The molecule has 0 fully saturated rings. The summed E-state index contributed by atoms with van der Waals surface area (Å²) in [4.78, 5) is 0. The van der Waals surface area contributed by atoms with Crippen LogP contribution in [-0.4, -0.2) is 0 Å². The Hall–Kier alpha value is -1.46. The van der Waals surface area contributed by atoms with Gasteiger partial charge in [-0.15, -0.1) is 0 Å². The van der Waals surface area contributed by atoms with Gasteiger partial charge in [-0.2, -0.15) is 13.2 Å². The second-order valence-corrected chi connectivity index (χ2v) is 5.11. The topological polar surface area (TPSA) is 12.0 Å². The van der Waals surface area contributed by atoms with Crippen LogP contribution in [0.1, 0.15) is 11.1 Å². The van der Waals surface area contributed by atoms with E-state index in [4.69, 9.17) is 23.2 Å². The molecule has 0 radical (unpaired) electrons. The van der Waals surface area contributed by atoms with Crippen molar-refractivity contribution in [3.8, 4) is 0 Å². The van der Waals surface area contributed by atoms with Gasteiger partial charge in [0.15, 0.2) is 0 Å². The van der Waals surface area contributed by atoms with E-state index >= 15 is 0 Å². The highest BCUT2D eigenvalue weighted by Gasteiger charge is 2.30. The van der Waals surface area contributed by atoms with Gasteiger partial charge in [0.2, 0.25) is 0 Å². The first-order valence-electron chi connectivity index (χ1n) is 5.82. The Bertz CT molecular complexity index is 656. The average molecular weight is 338 g/mol. The molecule has 0 spiro atoms. The largest absolute Gasteiger partial charge is 0.416 e. The van der Waals surface area contributed by atoms with Crippen molar-refractivity contribution < 1.29 is 17.6 Å². The first-order chi connectivity index (χ1) is 9.77. The molecule has 2 rings (SSSR count). The van der Waals surface area contributed by atoms with E-state index < -0.39 is 17.6 Å². The molecule has 0 heterocycles. The summed E-state index contributed by atoms with van der Waals surface area (Å²) >= 11 is 11.4. The smallest absolute Gasteiger partial charge is 0.380 e. The van der Waals surface area contributed by atoms with E-state index in [0.717, 1.165) is 18.2 Å². The number of benzene rings is 2. The molecule has 0 saturated heterocycles. The van der Waals surface area contributed by atoms with Crippen LogP contribution < -0.4 is 5.32 Å². The molecule has 0 atom stereocenters. The molecule has 0 aliphatic rings. The maximum absolute atomic E-state index is 13.3. The molecule has 0 aromatic heterocycles. The Morgan fingerprint density at radius 1 is 0.952 bits per heavy atom. The molecule has 112 valence electrons. The number of anilines is 1. The van der Waals surface area contributed by atoms with Gasteiger partial charge in [-0.1, -0.05) is 29.3 Å². The molecule has 1 nitrogen and oxygen atoms in total. The van der Waals surface area contributed by atoms with Crippen molar-refractivity contribution in [2.45, 2.75) is 12.7 Å². The van der Waals surface area contributed by atoms with Crippen LogP contribution in [0.25, 0.3) is 0 Å². The zero-order valence-electron chi connectivity index (χ0n) is 10.4. The van der Waals surface area contributed by atoms with Crippen molar-refractivity contribution >= 4 is 28.9 Å². The van der Waals surface area contributed by atoms with Crippen LogP contribution in [0.2, 0.25) is 10.0 Å². The van der Waals surface area contributed by atoms with Gasteiger partial charge < -0.3 is 5.32 Å². The molecule has 21 heavy (non-hydrogen) atoms. The van der Waals surface area contributed by atoms with Crippen LogP contribution in [0.5, 0.6) is 0 Å². The van der Waals surface area contributed by atoms with Crippen LogP contribution in [-0.2, 0) is 12.7 Å². The zero-order chi connectivity index (χ0) is 15.6. The Morgan fingerprint density at radius 2 is 1.62 bits per heavy atom. The average Bonchev–Trinajstić information content (AvgIpc) is 2.40. The van der Waals surface area contributed by atoms with Gasteiger partial charge in [0, 0.05) is 6.54 Å². The van der Waals surface area contributed by atoms with Crippen LogP contribution in [0.4, 0.5) is 23.2 Å². The molecular weight excluding hydrogens is 329 g/mol. The monoisotopic (exact) mass is 337 g/mol. The summed E-state index contributed by atoms with van der Waals surface area (Å²) < 4.78 is 51.1. The van der Waals surface area contributed by atoms with Gasteiger partial charge in [-0.05, 0) is 35.9 Å². The van der Waals surface area contributed by atoms with Crippen molar-refractivity contribution in [3.05, 3.63) is 63.4 Å². The Labute approximate surface area is 128 Å². The van der Waals surface area contributed by atoms with Gasteiger partial charge >= 0.3 is 6.18 Å². The third-order valence-corrected chi connectivity index (χ3v) is 3.40. The van der Waals surface area contributed by atoms with Gasteiger partial charge in [0.05, 0.1) is 21.3 Å². The lowest BCUT2D eigenvalue weighted by atomic mass is 10.1. The summed E-state index contributed by atoms with van der Waals surface area (Å²) in [6.45, 7) is 0.120. The number of hydrogen-bond donors (Lipinski definition) is 1. The van der Waals surface area contributed by atoms with Crippen LogP contribution in [0.3, 0.4) is 0 Å². The Morgan fingerprint density at radius 3 is 2.24 bits per heavy atom. The van der Waals surface area contributed by atoms with E-state index in [1.165, 1.54) is 12.1 Å². The summed E-state index contributed by atoms with van der Waals surface area (Å²) in [6, 6.07) is 7.12. The highest BCUT2D eigenvalue weighted by atomic mass is 35.5. The molecule has 0 unspecified atom stereocenters. The molecule has 2 aromatic rings. The normalized spacial score (nSPS) is 11.5. The molecule has 2 aromatic carbocycles. The van der Waals surface area contributed by atoms with Gasteiger partial charge in [0.25, 0.3) is 0 Å². The molecule has 1 N–H and O–H groups in total. The summed E-state index contributed by atoms with van der Waals surface area (Å²) in [5, 5.41) is 2.88. The molecule has 0 aliphatic carbocycles. The van der Waals surface area contributed by atoms with Crippen LogP contribution >= 0.6 is 23.2 Å². The van der Waals surface area contributed by atoms with Crippen LogP contribution in [0.15, 0.2) is 36.4 Å². The molecule has 0 aliphatic heterocycles. The number of hydrogen-bond acceptors (Lipinski definition) is 1. The minimum Gasteiger partial charge on any atom is -0.380 e. The fourth-order valence-corrected chi connectivity index (χ4v) is 1.99. The predicted molar refractivity (Wildman–Crippen MR) is 75.2 cm³/mol. The Kier molecular flexibility index (Phi) is 4.64. The van der Waals surface area contributed by atoms with Gasteiger partial charge in [-0.25, -0.2) is 4.39 Å². The number of nitrogens with one attached hydrogen (secondary N) is 1. The fourth-order valence-electron chi connectivity index (χ4n) is 1.68. The lowest BCUT2D eigenvalue weighted by Crippen LogP contribution is -2.07. The third-order valence-electron chi connectivity index (χ3n) is 2.76. The molecule has 7 heteroatoms. The predicted octanol–water partition coefficient (Wildman–Crippen LogP) is 5.76. The summed E-state index contributed by atoms with van der Waals surface area (Å²) in [7, 11) is 0. The molecule has 0 amide bonds. The highest BCUT2D eigenvalue weighted by molar-refractivity contribution is 6.33. The number of alkyl halides is 3. The van der Waals surface area contributed by atoms with Gasteiger partial charge in [-0.3, -0.25) is 0 Å². The molecule has 0 saturated carbocycles. The van der Waals surface area contributed by atoms with Crippen molar-refractivity contribution in [2.75, 3.05) is 5.32 Å². The lowest BCUT2D eigenvalue weighted by Gasteiger charge is -2.12. The minimum absolute atomic E-state index is 0.0177. The van der Waals surface area contributed by atoms with E-state index in [1.54, 1.807) is 6.07 Å². The van der Waals surface area contributed by atoms with Crippen molar-refractivity contribution in [3.63, 3.8) is 0 Å². The van der Waals surface area contributed by atoms with E-state index in [1.807, 2.05) is 0 Å². The first kappa shape index (κ1) is 15.9. The standard InChI is InChI=1S/C14H9Cl2F4N/c15-10-3-1-8(5-12(10)17)7-21-13-6-9(14(18,19)20)2-4-11(13)16/h1-6,21H,7H2. The second kappa shape index (κ2) is 6.12. The second-order valence-electron chi connectivity index (χ2n) is 4.29. The Balaban J connectivity index is 2.17. The minimum atomic E-state index is -4.45. The van der Waals surface area contributed by atoms with Crippen LogP contribution in [0, 0.1) is 5.82 Å². The van der Waals surface area contributed by atoms with Crippen molar-refractivity contribution in [1.29, 1.82) is 0 Å². The third kappa shape index (κ3) is 4.02. The van der Waals surface area contributed by atoms with E-state index in [9.17, 15) is 17.6 Å². The highest BCUT2D eigenvalue weighted by Crippen LogP contribution is 2.34. The lowest BCUT2D eigenvalue weighted by molar-refractivity contribution is -0.137. The first-order valence-corrected chi connectivity index (χ1v) is 6.57. The van der Waals surface area contributed by atoms with E-state index in [2.05, 4.69) is 5.32 Å². The SMILES string of the molecule is Fc1cc(CNc2cc(C(F)(F)F)ccc2Cl)ccc1Cl. The van der Waals surface area contributed by atoms with Crippen molar-refractivity contribution in [2.24, 2.45) is 0 Å². The molecule has 0 bridgehead atoms. The maximum atomic E-state index is 13.3. The van der Waals surface area contributed by atoms with Crippen molar-refractivity contribution in [1.82, 2.24) is 0 Å². The quantitative estimate of drug-likeness (QED) is 0.701. The number of halogens is 6. The number of rotatable bonds is 3. The van der Waals surface area contributed by atoms with E-state index in [0.29, 0.717) is 5.56 Å². The summed E-state index contributed by atoms with van der Waals surface area (Å²) in [5.41, 5.74) is -0.149. The molecular formula is C14H9Cl2F4N. The van der Waals surface area contributed by atoms with E-state index in [-0.39, 0.29) is 22.3 Å². The fraction of sp³-hybridized carbons (Fsp3) is 0.143. The van der Waals surface area contributed by atoms with Gasteiger partial charge in [0.1, 0.15) is 5.82 Å². The summed E-state index contributed by atoms with van der Waals surface area (Å²) in [5.74, 6) is -0.592. The maximum Gasteiger partial charge on any atom is 0.416 e. The zero-order valence-corrected chi connectivity index (χ0v) is 12.0.